The highest BCUT2D eigenvalue weighted by Gasteiger charge is 2.06. The molecule has 0 radical (unpaired) electrons. The Bertz CT molecular complexity index is 354. The van der Waals surface area contributed by atoms with Crippen LogP contribution < -0.4 is 0 Å². The lowest BCUT2D eigenvalue weighted by Crippen LogP contribution is -1.98. The smallest absolute Gasteiger partial charge is 0.168 e. The van der Waals surface area contributed by atoms with Crippen LogP contribution in [0.5, 0.6) is 0 Å². The Hall–Kier alpha value is -1.08. The minimum absolute atomic E-state index is 0.0818. The summed E-state index contributed by atoms with van der Waals surface area (Å²) < 4.78 is 0. The number of rotatable bonds is 6. The summed E-state index contributed by atoms with van der Waals surface area (Å²) in [6, 6.07) is 9.26. The first-order valence-corrected chi connectivity index (χ1v) is 6.04. The molecule has 0 amide bonds. The van der Waals surface area contributed by atoms with Gasteiger partial charge >= 0.3 is 0 Å². The van der Waals surface area contributed by atoms with Crippen LogP contribution >= 0.6 is 11.6 Å². The van der Waals surface area contributed by atoms with Gasteiger partial charge in [0.1, 0.15) is 0 Å². The van der Waals surface area contributed by atoms with Crippen molar-refractivity contribution in [3.8, 4) is 0 Å². The summed E-state index contributed by atoms with van der Waals surface area (Å²) in [5.74, 6) is 0.0818. The molecule has 0 fully saturated rings. The molecule has 86 valence electrons. The van der Waals surface area contributed by atoms with E-state index in [0.29, 0.717) is 11.5 Å². The molecule has 1 aromatic carbocycles. The molecule has 1 aromatic rings. The van der Waals surface area contributed by atoms with Crippen molar-refractivity contribution < 1.29 is 4.79 Å². The van der Waals surface area contributed by atoms with Gasteiger partial charge in [-0.2, -0.15) is 0 Å². The van der Waals surface area contributed by atoms with Gasteiger partial charge in [-0.1, -0.05) is 67.8 Å². The van der Waals surface area contributed by atoms with Crippen LogP contribution in [0, 0.1) is 0 Å². The van der Waals surface area contributed by atoms with E-state index in [1.54, 1.807) is 0 Å². The first-order valence-electron chi connectivity index (χ1n) is 5.66. The molecule has 0 aliphatic heterocycles. The number of ketones is 1. The highest BCUT2D eigenvalue weighted by atomic mass is 35.5. The zero-order valence-corrected chi connectivity index (χ0v) is 10.3. The van der Waals surface area contributed by atoms with E-state index in [4.69, 9.17) is 11.6 Å². The van der Waals surface area contributed by atoms with E-state index in [9.17, 15) is 4.79 Å². The molecule has 0 spiro atoms. The Labute approximate surface area is 102 Å². The lowest BCUT2D eigenvalue weighted by molar-refractivity contribution is 0.0994. The predicted octanol–water partition coefficient (Wildman–Crippen LogP) is 4.57. The first-order chi connectivity index (χ1) is 7.74. The average molecular weight is 237 g/mol. The summed E-state index contributed by atoms with van der Waals surface area (Å²) in [4.78, 5) is 11.8. The van der Waals surface area contributed by atoms with Crippen LogP contribution in [-0.2, 0) is 0 Å². The number of unbranched alkanes of at least 4 members (excludes halogenated alkanes) is 2. The number of halogens is 1. The first kappa shape index (κ1) is 13.0. The molecule has 0 unspecified atom stereocenters. The topological polar surface area (TPSA) is 17.1 Å². The molecule has 16 heavy (non-hydrogen) atoms. The third kappa shape index (κ3) is 4.63. The van der Waals surface area contributed by atoms with Gasteiger partial charge in [0.25, 0.3) is 0 Å². The number of allylic oxidation sites excluding steroid dienone is 2. The van der Waals surface area contributed by atoms with Crippen LogP contribution in [0.15, 0.2) is 41.4 Å². The van der Waals surface area contributed by atoms with Gasteiger partial charge in [-0.05, 0) is 6.42 Å². The monoisotopic (exact) mass is 236 g/mol. The van der Waals surface area contributed by atoms with Gasteiger partial charge in [-0.3, -0.25) is 4.79 Å². The van der Waals surface area contributed by atoms with Crippen LogP contribution in [0.3, 0.4) is 0 Å². The number of carbonyl (C=O) groups is 1. The van der Waals surface area contributed by atoms with Gasteiger partial charge in [-0.25, -0.2) is 0 Å². The Balaban J connectivity index is 2.48. The van der Waals surface area contributed by atoms with Crippen molar-refractivity contribution in [2.45, 2.75) is 32.6 Å². The van der Waals surface area contributed by atoms with E-state index >= 15 is 0 Å². The van der Waals surface area contributed by atoms with Crippen molar-refractivity contribution in [1.29, 1.82) is 0 Å². The Morgan fingerprint density at radius 2 is 2.00 bits per heavy atom. The van der Waals surface area contributed by atoms with Gasteiger partial charge in [0.15, 0.2) is 5.78 Å². The third-order valence-corrected chi connectivity index (χ3v) is 2.64. The summed E-state index contributed by atoms with van der Waals surface area (Å²) in [5.41, 5.74) is 0.726. The van der Waals surface area contributed by atoms with Gasteiger partial charge in [0, 0.05) is 17.0 Å². The molecular formula is C14H17ClO. The summed E-state index contributed by atoms with van der Waals surface area (Å²) in [6.07, 6.45) is 5.49. The fraction of sp³-hybridized carbons (Fsp3) is 0.357. The molecule has 0 aromatic heterocycles. The van der Waals surface area contributed by atoms with Gasteiger partial charge in [-0.15, -0.1) is 0 Å². The molecule has 0 atom stereocenters. The molecule has 2 heteroatoms. The largest absolute Gasteiger partial charge is 0.294 e. The highest BCUT2D eigenvalue weighted by Crippen LogP contribution is 2.14. The molecule has 0 bridgehead atoms. The highest BCUT2D eigenvalue weighted by molar-refractivity contribution is 6.31. The standard InChI is InChI=1S/C14H17ClO/c1-2-3-5-10-13(15)11-14(16)12-8-6-4-7-9-12/h4,6-10H,2-3,5,11H2,1H3/b13-10-. The van der Waals surface area contributed by atoms with Crippen LogP contribution in [0.4, 0.5) is 0 Å². The number of benzene rings is 1. The number of carbonyl (C=O) groups excluding carboxylic acids is 1. The van der Waals surface area contributed by atoms with Crippen molar-refractivity contribution in [2.24, 2.45) is 0 Å². The van der Waals surface area contributed by atoms with Gasteiger partial charge in [0.2, 0.25) is 0 Å². The van der Waals surface area contributed by atoms with Crippen molar-refractivity contribution in [1.82, 2.24) is 0 Å². The second kappa shape index (κ2) is 7.24. The summed E-state index contributed by atoms with van der Waals surface area (Å²) >= 11 is 6.00. The SMILES string of the molecule is CCCC/C=C(\Cl)CC(=O)c1ccccc1. The van der Waals surface area contributed by atoms with E-state index in [0.717, 1.165) is 24.8 Å². The lowest BCUT2D eigenvalue weighted by Gasteiger charge is -2.00. The Kier molecular flexibility index (Phi) is 5.87. The molecular weight excluding hydrogens is 220 g/mol. The fourth-order valence-electron chi connectivity index (χ4n) is 1.41. The average Bonchev–Trinajstić information content (AvgIpc) is 2.30. The van der Waals surface area contributed by atoms with Crippen LogP contribution in [0.25, 0.3) is 0 Å². The normalized spacial score (nSPS) is 11.5. The van der Waals surface area contributed by atoms with Crippen molar-refractivity contribution in [3.05, 3.63) is 47.0 Å². The van der Waals surface area contributed by atoms with E-state index in [1.807, 2.05) is 36.4 Å². The molecule has 0 saturated carbocycles. The lowest BCUT2D eigenvalue weighted by atomic mass is 10.1. The van der Waals surface area contributed by atoms with Crippen molar-refractivity contribution in [3.63, 3.8) is 0 Å². The maximum atomic E-state index is 11.8. The van der Waals surface area contributed by atoms with Crippen molar-refractivity contribution in [2.75, 3.05) is 0 Å². The Morgan fingerprint density at radius 3 is 2.62 bits per heavy atom. The molecule has 0 aliphatic rings. The van der Waals surface area contributed by atoms with E-state index < -0.39 is 0 Å². The van der Waals surface area contributed by atoms with Gasteiger partial charge < -0.3 is 0 Å². The minimum Gasteiger partial charge on any atom is -0.294 e. The van der Waals surface area contributed by atoms with Crippen LogP contribution in [-0.4, -0.2) is 5.78 Å². The zero-order valence-electron chi connectivity index (χ0n) is 9.58. The van der Waals surface area contributed by atoms with E-state index in [-0.39, 0.29) is 5.78 Å². The Morgan fingerprint density at radius 1 is 1.31 bits per heavy atom. The maximum Gasteiger partial charge on any atom is 0.168 e. The minimum atomic E-state index is 0.0818. The molecule has 1 nitrogen and oxygen atoms in total. The quantitative estimate of drug-likeness (QED) is 0.522. The van der Waals surface area contributed by atoms with Crippen LogP contribution in [0.1, 0.15) is 43.0 Å². The second-order valence-electron chi connectivity index (χ2n) is 3.76. The maximum absolute atomic E-state index is 11.8. The number of hydrogen-bond acceptors (Lipinski definition) is 1. The van der Waals surface area contributed by atoms with Gasteiger partial charge in [0.05, 0.1) is 0 Å². The number of Topliss-reactive ketones (excluding diaryl/α,β-unsaturated/α-hetero) is 1. The predicted molar refractivity (Wildman–Crippen MR) is 68.9 cm³/mol. The summed E-state index contributed by atoms with van der Waals surface area (Å²) in [6.45, 7) is 2.14. The molecule has 0 heterocycles. The second-order valence-corrected chi connectivity index (χ2v) is 4.24. The molecule has 1 rings (SSSR count). The summed E-state index contributed by atoms with van der Waals surface area (Å²) in [7, 11) is 0. The van der Waals surface area contributed by atoms with Crippen molar-refractivity contribution >= 4 is 17.4 Å². The van der Waals surface area contributed by atoms with Crippen LogP contribution in [0.2, 0.25) is 0 Å². The van der Waals surface area contributed by atoms with E-state index in [2.05, 4.69) is 6.92 Å². The molecule has 0 saturated heterocycles. The fourth-order valence-corrected chi connectivity index (χ4v) is 1.64. The number of hydrogen-bond donors (Lipinski definition) is 0. The molecule has 0 aliphatic carbocycles. The summed E-state index contributed by atoms with van der Waals surface area (Å²) in [5, 5.41) is 0.655. The molecule has 0 N–H and O–H groups in total. The third-order valence-electron chi connectivity index (χ3n) is 2.35. The zero-order chi connectivity index (χ0) is 11.8. The van der Waals surface area contributed by atoms with E-state index in [1.165, 1.54) is 0 Å².